The highest BCUT2D eigenvalue weighted by Crippen LogP contribution is 2.21. The van der Waals surface area contributed by atoms with Gasteiger partial charge in [-0.05, 0) is 36.6 Å². The Balaban J connectivity index is 0.00000324. The fraction of sp³-hybridized carbons (Fsp3) is 0.259. The van der Waals surface area contributed by atoms with E-state index in [1.54, 1.807) is 42.5 Å². The minimum atomic E-state index is -0.334. The molecule has 1 aliphatic rings. The summed E-state index contributed by atoms with van der Waals surface area (Å²) in [7, 11) is 0. The van der Waals surface area contributed by atoms with Crippen molar-refractivity contribution in [3.8, 4) is 0 Å². The first-order valence-corrected chi connectivity index (χ1v) is 11.3. The zero-order valence-corrected chi connectivity index (χ0v) is 18.9. The van der Waals surface area contributed by atoms with Gasteiger partial charge in [0, 0.05) is 29.3 Å². The summed E-state index contributed by atoms with van der Waals surface area (Å²) in [6.45, 7) is 0. The summed E-state index contributed by atoms with van der Waals surface area (Å²) in [6.07, 6.45) is 6.12. The molecule has 0 spiro atoms. The number of hydrogen-bond donors (Lipinski definition) is 2. The third kappa shape index (κ3) is 6.29. The van der Waals surface area contributed by atoms with Crippen LogP contribution in [0.25, 0.3) is 0 Å². The molecule has 1 aromatic heterocycles. The number of nitrogens with zero attached hydrogens (tertiary/aromatic N) is 2. The maximum atomic E-state index is 12.9. The van der Waals surface area contributed by atoms with Gasteiger partial charge in [0.1, 0.15) is 11.7 Å². The number of amidine groups is 1. The monoisotopic (exact) mass is 476 g/mol. The first-order chi connectivity index (χ1) is 16.0. The number of Topliss-reactive ketones (excluding diaryl/α,β-unsaturated/α-hetero) is 1. The molecule has 176 valence electrons. The van der Waals surface area contributed by atoms with Gasteiger partial charge in [-0.3, -0.25) is 14.6 Å². The Morgan fingerprint density at radius 3 is 2.35 bits per heavy atom. The van der Waals surface area contributed by atoms with E-state index < -0.39 is 0 Å². The number of hydrogen-bond acceptors (Lipinski definition) is 4. The van der Waals surface area contributed by atoms with Crippen molar-refractivity contribution < 1.29 is 9.59 Å². The van der Waals surface area contributed by atoms with Gasteiger partial charge >= 0.3 is 0 Å². The van der Waals surface area contributed by atoms with Crippen molar-refractivity contribution in [2.24, 2.45) is 10.7 Å². The van der Waals surface area contributed by atoms with Gasteiger partial charge in [-0.15, -0.1) is 0 Å². The molecule has 3 aromatic rings. The second-order valence-electron chi connectivity index (χ2n) is 8.10. The number of nitrogens with two attached hydrogens (primary N) is 1. The Bertz CT molecular complexity index is 1170. The van der Waals surface area contributed by atoms with Crippen LogP contribution in [0.5, 0.6) is 0 Å². The molecule has 3 N–H and O–H groups in total. The van der Waals surface area contributed by atoms with Crippen LogP contribution in [0.15, 0.2) is 71.9 Å². The normalized spacial score (nSPS) is 13.9. The van der Waals surface area contributed by atoms with E-state index in [1.165, 1.54) is 19.0 Å². The second kappa shape index (κ2) is 11.6. The molecule has 7 heteroatoms. The molecule has 0 unspecified atom stereocenters. The Kier molecular flexibility index (Phi) is 8.55. The zero-order chi connectivity index (χ0) is 23.2. The fourth-order valence-corrected chi connectivity index (χ4v) is 4.05. The predicted octanol–water partition coefficient (Wildman–Crippen LogP) is 5.70. The number of ketones is 1. The number of carbonyl (C=O) groups is 2. The van der Waals surface area contributed by atoms with Crippen LogP contribution in [-0.2, 0) is 6.42 Å². The number of aromatic nitrogens is 1. The van der Waals surface area contributed by atoms with Gasteiger partial charge in [-0.25, -0.2) is 4.98 Å². The first-order valence-electron chi connectivity index (χ1n) is 11.0. The molecule has 0 bridgehead atoms. The van der Waals surface area contributed by atoms with E-state index in [0.717, 1.165) is 18.4 Å². The molecule has 6 nitrogen and oxygen atoms in total. The number of rotatable bonds is 7. The number of amides is 1. The number of benzene rings is 2. The van der Waals surface area contributed by atoms with E-state index in [1.807, 2.05) is 18.2 Å². The molecule has 0 saturated heterocycles. The van der Waals surface area contributed by atoms with Crippen LogP contribution in [0.1, 0.15) is 65.0 Å². The molecule has 2 aromatic carbocycles. The number of aliphatic imine (C=N–C) groups is 1. The Morgan fingerprint density at radius 2 is 1.68 bits per heavy atom. The van der Waals surface area contributed by atoms with Crippen LogP contribution in [0, 0.1) is 0 Å². The summed E-state index contributed by atoms with van der Waals surface area (Å²) < 4.78 is 0. The number of pyridine rings is 1. The first kappa shape index (κ1) is 25.1. The average Bonchev–Trinajstić information content (AvgIpc) is 3.34. The van der Waals surface area contributed by atoms with E-state index >= 15 is 0 Å². The molecule has 4 rings (SSSR count). The van der Waals surface area contributed by atoms with E-state index in [9.17, 15) is 9.59 Å². The quantitative estimate of drug-likeness (QED) is 0.260. The maximum Gasteiger partial charge on any atom is 0.257 e. The summed E-state index contributed by atoms with van der Waals surface area (Å²) in [5.74, 6) is 0.480. The summed E-state index contributed by atoms with van der Waals surface area (Å²) in [6, 6.07) is 17.8. The van der Waals surface area contributed by atoms with Crippen molar-refractivity contribution in [1.82, 2.24) is 4.98 Å². The smallest absolute Gasteiger partial charge is 0.257 e. The van der Waals surface area contributed by atoms with Crippen molar-refractivity contribution >= 4 is 34.9 Å². The van der Waals surface area contributed by atoms with Crippen LogP contribution in [0.3, 0.4) is 0 Å². The lowest BCUT2D eigenvalue weighted by atomic mass is 9.97. The maximum absolute atomic E-state index is 12.9. The molecule has 0 radical (unpaired) electrons. The molecule has 1 fully saturated rings. The molecule has 1 amide bonds. The van der Waals surface area contributed by atoms with E-state index in [0.29, 0.717) is 39.4 Å². The molecule has 34 heavy (non-hydrogen) atoms. The number of anilines is 1. The van der Waals surface area contributed by atoms with Gasteiger partial charge in [0.05, 0.1) is 11.1 Å². The van der Waals surface area contributed by atoms with Gasteiger partial charge in [0.2, 0.25) is 0 Å². The van der Waals surface area contributed by atoms with Gasteiger partial charge in [-0.2, -0.15) is 0 Å². The Hall–Kier alpha value is -3.51. The molecule has 1 saturated carbocycles. The van der Waals surface area contributed by atoms with Gasteiger partial charge < -0.3 is 11.1 Å². The SMILES string of the molecule is C.NC(=NC1CCCC1)c1ccc(C(=O)Cc2ccccc2C(=O)Nc2ccc(Cl)cn2)cc1. The highest BCUT2D eigenvalue weighted by atomic mass is 35.5. The fourth-order valence-electron chi connectivity index (χ4n) is 3.94. The largest absolute Gasteiger partial charge is 0.383 e. The molecular formula is C27H29ClN4O2. The van der Waals surface area contributed by atoms with E-state index in [-0.39, 0.29) is 25.5 Å². The number of halogens is 1. The Labute approximate surface area is 205 Å². The van der Waals surface area contributed by atoms with Crippen molar-refractivity contribution in [2.75, 3.05) is 5.32 Å². The van der Waals surface area contributed by atoms with Gasteiger partial charge in [0.25, 0.3) is 5.91 Å². The Morgan fingerprint density at radius 1 is 1.00 bits per heavy atom. The molecule has 1 heterocycles. The van der Waals surface area contributed by atoms with Gasteiger partial charge in [-0.1, -0.05) is 74.3 Å². The lowest BCUT2D eigenvalue weighted by Gasteiger charge is -2.10. The van der Waals surface area contributed by atoms with E-state index in [4.69, 9.17) is 17.3 Å². The zero-order valence-electron chi connectivity index (χ0n) is 18.1. The van der Waals surface area contributed by atoms with Crippen LogP contribution >= 0.6 is 11.6 Å². The summed E-state index contributed by atoms with van der Waals surface area (Å²) in [4.78, 5) is 34.4. The van der Waals surface area contributed by atoms with Gasteiger partial charge in [0.15, 0.2) is 5.78 Å². The second-order valence-corrected chi connectivity index (χ2v) is 8.54. The molecule has 1 aliphatic carbocycles. The third-order valence-corrected chi connectivity index (χ3v) is 5.95. The highest BCUT2D eigenvalue weighted by molar-refractivity contribution is 6.30. The minimum absolute atomic E-state index is 0. The summed E-state index contributed by atoms with van der Waals surface area (Å²) in [5.41, 5.74) is 8.59. The third-order valence-electron chi connectivity index (χ3n) is 5.73. The molecule has 0 aliphatic heterocycles. The average molecular weight is 477 g/mol. The van der Waals surface area contributed by atoms with Crippen LogP contribution < -0.4 is 11.1 Å². The standard InChI is InChI=1S/C26H25ClN4O2.CH4/c27-20-13-14-24(29-16-20)31-26(33)22-8-4-1-5-19(22)15-23(32)17-9-11-18(12-10-17)25(28)30-21-6-2-3-7-21;/h1,4-5,8-14,16,21H,2-3,6-7,15H2,(H2,28,30)(H,29,31,33);1H4. The highest BCUT2D eigenvalue weighted by Gasteiger charge is 2.17. The van der Waals surface area contributed by atoms with Crippen LogP contribution in [-0.4, -0.2) is 28.6 Å². The van der Waals surface area contributed by atoms with E-state index in [2.05, 4.69) is 15.3 Å². The summed E-state index contributed by atoms with van der Waals surface area (Å²) in [5, 5.41) is 3.22. The predicted molar refractivity (Wildman–Crippen MR) is 138 cm³/mol. The van der Waals surface area contributed by atoms with Crippen molar-refractivity contribution in [2.45, 2.75) is 45.6 Å². The lowest BCUT2D eigenvalue weighted by molar-refractivity contribution is 0.0992. The lowest BCUT2D eigenvalue weighted by Crippen LogP contribution is -2.17. The van der Waals surface area contributed by atoms with Crippen LogP contribution in [0.2, 0.25) is 5.02 Å². The molecular weight excluding hydrogens is 448 g/mol. The van der Waals surface area contributed by atoms with Crippen molar-refractivity contribution in [3.63, 3.8) is 0 Å². The molecule has 0 atom stereocenters. The number of nitrogens with one attached hydrogen (secondary N) is 1. The minimum Gasteiger partial charge on any atom is -0.383 e. The van der Waals surface area contributed by atoms with Crippen LogP contribution in [0.4, 0.5) is 5.82 Å². The topological polar surface area (TPSA) is 97.4 Å². The van der Waals surface area contributed by atoms with Crippen molar-refractivity contribution in [3.05, 3.63) is 94.1 Å². The number of carbonyl (C=O) groups excluding carboxylic acids is 2. The van der Waals surface area contributed by atoms with Crippen molar-refractivity contribution in [1.29, 1.82) is 0 Å². The summed E-state index contributed by atoms with van der Waals surface area (Å²) >= 11 is 5.84.